The molecule has 0 aromatic rings. The molecule has 0 saturated heterocycles. The van der Waals surface area contributed by atoms with E-state index < -0.39 is 12.8 Å². The third-order valence-electron chi connectivity index (χ3n) is 1.51. The Morgan fingerprint density at radius 1 is 1.40 bits per heavy atom. The molecule has 15 heavy (non-hydrogen) atoms. The number of carbonyl (C=O) groups is 1. The van der Waals surface area contributed by atoms with Crippen molar-refractivity contribution >= 4 is 5.91 Å². The van der Waals surface area contributed by atoms with E-state index in [1.807, 2.05) is 0 Å². The first kappa shape index (κ1) is 14.2. The van der Waals surface area contributed by atoms with Gasteiger partial charge in [-0.05, 0) is 6.42 Å². The van der Waals surface area contributed by atoms with Crippen LogP contribution in [0.4, 0.5) is 13.2 Å². The second-order valence-electron chi connectivity index (χ2n) is 3.19. The van der Waals surface area contributed by atoms with Gasteiger partial charge in [-0.15, -0.1) is 0 Å². The highest BCUT2D eigenvalue weighted by atomic mass is 19.4. The lowest BCUT2D eigenvalue weighted by atomic mass is 10.3. The predicted octanol–water partition coefficient (Wildman–Crippen LogP) is 0.938. The Morgan fingerprint density at radius 2 is 2.00 bits per heavy atom. The number of alkyl halides is 3. The number of hydroxylamine groups is 1. The minimum absolute atomic E-state index is 0.0624. The monoisotopic (exact) mass is 228 g/mol. The molecule has 0 bridgehead atoms. The molecular formula is C8H15F3N2O2. The average molecular weight is 228 g/mol. The van der Waals surface area contributed by atoms with Gasteiger partial charge in [-0.1, -0.05) is 0 Å². The number of nitrogens with one attached hydrogen (secondary N) is 1. The lowest BCUT2D eigenvalue weighted by molar-refractivity contribution is -0.189. The topological polar surface area (TPSA) is 41.6 Å². The molecular weight excluding hydrogens is 213 g/mol. The summed E-state index contributed by atoms with van der Waals surface area (Å²) >= 11 is 0. The Kier molecular flexibility index (Phi) is 6.26. The van der Waals surface area contributed by atoms with Gasteiger partial charge in [0.25, 0.3) is 0 Å². The van der Waals surface area contributed by atoms with Crippen molar-refractivity contribution in [1.82, 2.24) is 10.4 Å². The van der Waals surface area contributed by atoms with Gasteiger partial charge in [0.2, 0.25) is 5.91 Å². The van der Waals surface area contributed by atoms with Crippen molar-refractivity contribution in [2.75, 3.05) is 27.2 Å². The third kappa shape index (κ3) is 9.48. The number of rotatable bonds is 6. The summed E-state index contributed by atoms with van der Waals surface area (Å²) in [6.45, 7) is -1.11. The van der Waals surface area contributed by atoms with Crippen LogP contribution in [0, 0.1) is 0 Å². The summed E-state index contributed by atoms with van der Waals surface area (Å²) in [5, 5.41) is 0. The maximum atomic E-state index is 11.6. The summed E-state index contributed by atoms with van der Waals surface area (Å²) in [6.07, 6.45) is -3.60. The van der Waals surface area contributed by atoms with E-state index in [4.69, 9.17) is 0 Å². The molecule has 1 N–H and O–H groups in total. The molecule has 90 valence electrons. The lowest BCUT2D eigenvalue weighted by Gasteiger charge is -2.10. The van der Waals surface area contributed by atoms with E-state index in [1.165, 1.54) is 4.90 Å². The number of carbonyl (C=O) groups excluding carboxylic acids is 1. The van der Waals surface area contributed by atoms with E-state index in [-0.39, 0.29) is 18.9 Å². The number of amides is 1. The zero-order chi connectivity index (χ0) is 11.9. The van der Waals surface area contributed by atoms with Crippen molar-refractivity contribution in [3.63, 3.8) is 0 Å². The molecule has 1 amide bonds. The standard InChI is InChI=1S/C8H15F3N2O2/c1-13(2)7(14)4-3-5-12-15-6-8(9,10)11/h12H,3-6H2,1-2H3. The quantitative estimate of drug-likeness (QED) is 0.543. The second-order valence-corrected chi connectivity index (χ2v) is 3.19. The highest BCUT2D eigenvalue weighted by molar-refractivity contribution is 5.75. The Hall–Kier alpha value is -0.820. The van der Waals surface area contributed by atoms with Gasteiger partial charge in [-0.3, -0.25) is 9.63 Å². The molecule has 0 radical (unpaired) electrons. The first-order valence-corrected chi connectivity index (χ1v) is 4.44. The highest BCUT2D eigenvalue weighted by Gasteiger charge is 2.27. The largest absolute Gasteiger partial charge is 0.413 e. The molecule has 0 aromatic heterocycles. The molecule has 0 aliphatic heterocycles. The van der Waals surface area contributed by atoms with Gasteiger partial charge in [0.1, 0.15) is 0 Å². The van der Waals surface area contributed by atoms with Crippen LogP contribution < -0.4 is 5.48 Å². The van der Waals surface area contributed by atoms with Crippen LogP contribution in [0.15, 0.2) is 0 Å². The summed E-state index contributed by atoms with van der Waals surface area (Å²) in [6, 6.07) is 0. The van der Waals surface area contributed by atoms with E-state index in [2.05, 4.69) is 10.3 Å². The van der Waals surface area contributed by atoms with Crippen LogP contribution in [0.1, 0.15) is 12.8 Å². The minimum atomic E-state index is -4.33. The fourth-order valence-corrected chi connectivity index (χ4v) is 0.740. The highest BCUT2D eigenvalue weighted by Crippen LogP contribution is 2.13. The first-order valence-electron chi connectivity index (χ1n) is 4.44. The van der Waals surface area contributed by atoms with Gasteiger partial charge >= 0.3 is 6.18 Å². The summed E-state index contributed by atoms with van der Waals surface area (Å²) in [4.78, 5) is 16.6. The smallest absolute Gasteiger partial charge is 0.349 e. The first-order chi connectivity index (χ1) is 6.83. The molecule has 0 atom stereocenters. The number of hydrogen-bond donors (Lipinski definition) is 1. The van der Waals surface area contributed by atoms with Gasteiger partial charge in [-0.25, -0.2) is 5.48 Å². The number of nitrogens with zero attached hydrogens (tertiary/aromatic N) is 1. The summed E-state index contributed by atoms with van der Waals surface area (Å²) in [5.74, 6) is -0.0624. The molecule has 0 saturated carbocycles. The molecule has 7 heteroatoms. The zero-order valence-electron chi connectivity index (χ0n) is 8.73. The zero-order valence-corrected chi connectivity index (χ0v) is 8.73. The molecule has 0 rings (SSSR count). The molecule has 0 spiro atoms. The maximum absolute atomic E-state index is 11.6. The number of halogens is 3. The van der Waals surface area contributed by atoms with Gasteiger partial charge < -0.3 is 4.90 Å². The Bertz CT molecular complexity index is 195. The van der Waals surface area contributed by atoms with Gasteiger partial charge in [0.05, 0.1) is 0 Å². The molecule has 0 heterocycles. The van der Waals surface area contributed by atoms with Crippen molar-refractivity contribution in [2.24, 2.45) is 0 Å². The summed E-state index contributed by atoms with van der Waals surface area (Å²) in [5.41, 5.74) is 2.15. The minimum Gasteiger partial charge on any atom is -0.349 e. The van der Waals surface area contributed by atoms with Crippen molar-refractivity contribution in [1.29, 1.82) is 0 Å². The maximum Gasteiger partial charge on any atom is 0.413 e. The average Bonchev–Trinajstić information content (AvgIpc) is 2.08. The Morgan fingerprint density at radius 3 is 2.47 bits per heavy atom. The second kappa shape index (κ2) is 6.62. The van der Waals surface area contributed by atoms with Gasteiger partial charge in [0, 0.05) is 27.1 Å². The van der Waals surface area contributed by atoms with Crippen LogP contribution in [0.25, 0.3) is 0 Å². The van der Waals surface area contributed by atoms with Crippen molar-refractivity contribution in [3.05, 3.63) is 0 Å². The number of hydrogen-bond acceptors (Lipinski definition) is 3. The molecule has 0 aromatic carbocycles. The van der Waals surface area contributed by atoms with Crippen molar-refractivity contribution in [2.45, 2.75) is 19.0 Å². The van der Waals surface area contributed by atoms with Gasteiger partial charge in [0.15, 0.2) is 6.61 Å². The molecule has 0 aliphatic rings. The van der Waals surface area contributed by atoms with Crippen LogP contribution in [0.3, 0.4) is 0 Å². The normalized spacial score (nSPS) is 11.5. The molecule has 0 aliphatic carbocycles. The lowest BCUT2D eigenvalue weighted by Crippen LogP contribution is -2.27. The van der Waals surface area contributed by atoms with E-state index in [0.717, 1.165) is 0 Å². The van der Waals surface area contributed by atoms with Crippen molar-refractivity contribution in [3.8, 4) is 0 Å². The Balaban J connectivity index is 3.30. The molecule has 0 unspecified atom stereocenters. The fourth-order valence-electron chi connectivity index (χ4n) is 0.740. The van der Waals surface area contributed by atoms with Crippen LogP contribution in [-0.4, -0.2) is 44.2 Å². The van der Waals surface area contributed by atoms with E-state index >= 15 is 0 Å². The fraction of sp³-hybridized carbons (Fsp3) is 0.875. The van der Waals surface area contributed by atoms with Crippen LogP contribution in [-0.2, 0) is 9.63 Å². The SMILES string of the molecule is CN(C)C(=O)CCCNOCC(F)(F)F. The third-order valence-corrected chi connectivity index (χ3v) is 1.51. The van der Waals surface area contributed by atoms with E-state index in [9.17, 15) is 18.0 Å². The Labute approximate surface area is 86.3 Å². The van der Waals surface area contributed by atoms with Crippen molar-refractivity contribution < 1.29 is 22.8 Å². The predicted molar refractivity (Wildman–Crippen MR) is 47.9 cm³/mol. The van der Waals surface area contributed by atoms with Gasteiger partial charge in [-0.2, -0.15) is 13.2 Å². The van der Waals surface area contributed by atoms with Crippen LogP contribution in [0.2, 0.25) is 0 Å². The molecule has 0 fully saturated rings. The van der Waals surface area contributed by atoms with E-state index in [1.54, 1.807) is 14.1 Å². The van der Waals surface area contributed by atoms with E-state index in [0.29, 0.717) is 6.42 Å². The van der Waals surface area contributed by atoms with Crippen LogP contribution in [0.5, 0.6) is 0 Å². The van der Waals surface area contributed by atoms with Crippen LogP contribution >= 0.6 is 0 Å². The summed E-state index contributed by atoms with van der Waals surface area (Å²) < 4.78 is 34.7. The summed E-state index contributed by atoms with van der Waals surface area (Å²) in [7, 11) is 3.24. The molecule has 4 nitrogen and oxygen atoms in total.